The van der Waals surface area contributed by atoms with Crippen molar-refractivity contribution in [2.45, 2.75) is 76.6 Å². The van der Waals surface area contributed by atoms with E-state index in [1.54, 1.807) is 0 Å². The highest BCUT2D eigenvalue weighted by Gasteiger charge is 2.50. The summed E-state index contributed by atoms with van der Waals surface area (Å²) in [5.41, 5.74) is 1.21. The fourth-order valence-corrected chi connectivity index (χ4v) is 5.14. The lowest BCUT2D eigenvalue weighted by Crippen LogP contribution is -2.53. The standard InChI is InChI=1S/C19H34O2Si/c1-7-16-11-9-8-10-13-19(16,17-12-14-20-15-17)21-22(5,6)18(2,3)4/h7,12,16H,1,8-11,13-15H2,2-6H3/t16-,19-/m0/s1. The molecule has 0 N–H and O–H groups in total. The third-order valence-corrected chi connectivity index (χ3v) is 10.4. The Kier molecular flexibility index (Phi) is 5.41. The Morgan fingerprint density at radius 3 is 2.59 bits per heavy atom. The van der Waals surface area contributed by atoms with Gasteiger partial charge in [0.25, 0.3) is 0 Å². The Hall–Kier alpha value is -0.383. The van der Waals surface area contributed by atoms with Crippen molar-refractivity contribution >= 4 is 8.32 Å². The predicted octanol–water partition coefficient (Wildman–Crippen LogP) is 5.47. The Labute approximate surface area is 138 Å². The number of rotatable bonds is 4. The third-order valence-electron chi connectivity index (χ3n) is 5.94. The van der Waals surface area contributed by atoms with E-state index in [-0.39, 0.29) is 10.6 Å². The van der Waals surface area contributed by atoms with E-state index in [0.29, 0.717) is 5.92 Å². The van der Waals surface area contributed by atoms with Crippen LogP contribution in [-0.2, 0) is 9.16 Å². The van der Waals surface area contributed by atoms with E-state index >= 15 is 0 Å². The number of hydrogen-bond acceptors (Lipinski definition) is 2. The summed E-state index contributed by atoms with van der Waals surface area (Å²) in [5, 5.41) is 0.220. The summed E-state index contributed by atoms with van der Waals surface area (Å²) >= 11 is 0. The van der Waals surface area contributed by atoms with Gasteiger partial charge in [-0.25, -0.2) is 0 Å². The van der Waals surface area contributed by atoms with Crippen molar-refractivity contribution in [2.75, 3.05) is 13.2 Å². The van der Waals surface area contributed by atoms with E-state index in [2.05, 4.69) is 52.6 Å². The lowest BCUT2D eigenvalue weighted by Gasteiger charge is -2.49. The molecular weight excluding hydrogens is 288 g/mol. The van der Waals surface area contributed by atoms with Gasteiger partial charge in [0, 0.05) is 5.92 Å². The Balaban J connectivity index is 2.43. The molecule has 126 valence electrons. The van der Waals surface area contributed by atoms with Crippen LogP contribution in [0.5, 0.6) is 0 Å². The molecule has 1 heterocycles. The Bertz CT molecular complexity index is 433. The SMILES string of the molecule is C=C[C@H]1CCCCC[C@@]1(O[Si](C)(C)C(C)(C)C)C1=CCOC1. The van der Waals surface area contributed by atoms with Gasteiger partial charge in [0.1, 0.15) is 0 Å². The molecule has 2 nitrogen and oxygen atoms in total. The summed E-state index contributed by atoms with van der Waals surface area (Å²) in [7, 11) is -1.86. The van der Waals surface area contributed by atoms with Gasteiger partial charge >= 0.3 is 0 Å². The number of ether oxygens (including phenoxy) is 1. The van der Waals surface area contributed by atoms with E-state index in [4.69, 9.17) is 9.16 Å². The van der Waals surface area contributed by atoms with Crippen LogP contribution < -0.4 is 0 Å². The normalized spacial score (nSPS) is 30.8. The van der Waals surface area contributed by atoms with Crippen LogP contribution in [0.15, 0.2) is 24.3 Å². The van der Waals surface area contributed by atoms with Gasteiger partial charge in [0.05, 0.1) is 18.8 Å². The third kappa shape index (κ3) is 3.42. The van der Waals surface area contributed by atoms with Crippen molar-refractivity contribution < 1.29 is 9.16 Å². The minimum absolute atomic E-state index is 0.169. The molecule has 1 saturated carbocycles. The molecule has 1 fully saturated rings. The first-order chi connectivity index (χ1) is 10.2. The Morgan fingerprint density at radius 1 is 1.32 bits per heavy atom. The molecule has 2 aliphatic rings. The quantitative estimate of drug-likeness (QED) is 0.388. The van der Waals surface area contributed by atoms with Crippen LogP contribution in [0.3, 0.4) is 0 Å². The van der Waals surface area contributed by atoms with Gasteiger partial charge in [-0.2, -0.15) is 0 Å². The molecule has 0 unspecified atom stereocenters. The van der Waals surface area contributed by atoms with E-state index in [1.807, 2.05) is 0 Å². The highest BCUT2D eigenvalue weighted by Crippen LogP contribution is 2.48. The first-order valence-corrected chi connectivity index (χ1v) is 11.7. The molecule has 0 amide bonds. The van der Waals surface area contributed by atoms with Gasteiger partial charge in [0.15, 0.2) is 8.32 Å². The van der Waals surface area contributed by atoms with Crippen LogP contribution in [-0.4, -0.2) is 27.1 Å². The molecule has 1 aliphatic heterocycles. The van der Waals surface area contributed by atoms with Crippen LogP contribution in [0.1, 0.15) is 52.9 Å². The molecule has 0 spiro atoms. The molecule has 0 aromatic rings. The minimum Gasteiger partial charge on any atom is -0.407 e. The minimum atomic E-state index is -1.86. The molecule has 1 aliphatic carbocycles. The fraction of sp³-hybridized carbons (Fsp3) is 0.789. The lowest BCUT2D eigenvalue weighted by atomic mass is 9.78. The van der Waals surface area contributed by atoms with Crippen LogP contribution in [0.4, 0.5) is 0 Å². The highest BCUT2D eigenvalue weighted by atomic mass is 28.4. The molecule has 0 saturated heterocycles. The molecule has 3 heteroatoms. The zero-order chi connectivity index (χ0) is 16.4. The van der Waals surface area contributed by atoms with Crippen LogP contribution in [0, 0.1) is 5.92 Å². The molecule has 0 bridgehead atoms. The summed E-state index contributed by atoms with van der Waals surface area (Å²) in [6.07, 6.45) is 10.6. The molecule has 2 rings (SSSR count). The van der Waals surface area contributed by atoms with Crippen LogP contribution in [0.25, 0.3) is 0 Å². The van der Waals surface area contributed by atoms with E-state index in [0.717, 1.165) is 19.6 Å². The van der Waals surface area contributed by atoms with Crippen molar-refractivity contribution in [1.29, 1.82) is 0 Å². The molecule has 22 heavy (non-hydrogen) atoms. The predicted molar refractivity (Wildman–Crippen MR) is 96.7 cm³/mol. The smallest absolute Gasteiger partial charge is 0.193 e. The van der Waals surface area contributed by atoms with Crippen molar-refractivity contribution in [1.82, 2.24) is 0 Å². The first kappa shape index (κ1) is 18.0. The molecular formula is C19H34O2Si. The molecule has 0 aromatic heterocycles. The van der Waals surface area contributed by atoms with Crippen molar-refractivity contribution in [3.05, 3.63) is 24.3 Å². The van der Waals surface area contributed by atoms with Gasteiger partial charge in [-0.05, 0) is 36.5 Å². The summed E-state index contributed by atoms with van der Waals surface area (Å²) in [6.45, 7) is 17.3. The summed E-state index contributed by atoms with van der Waals surface area (Å²) in [5.74, 6) is 0.414. The average molecular weight is 323 g/mol. The Morgan fingerprint density at radius 2 is 2.05 bits per heavy atom. The summed E-state index contributed by atoms with van der Waals surface area (Å²) in [4.78, 5) is 0. The van der Waals surface area contributed by atoms with Gasteiger partial charge in [0.2, 0.25) is 0 Å². The lowest BCUT2D eigenvalue weighted by molar-refractivity contribution is 0.0324. The second-order valence-electron chi connectivity index (χ2n) is 8.44. The second-order valence-corrected chi connectivity index (χ2v) is 13.2. The van der Waals surface area contributed by atoms with E-state index < -0.39 is 8.32 Å². The fourth-order valence-electron chi connectivity index (χ4n) is 3.54. The van der Waals surface area contributed by atoms with Gasteiger partial charge in [-0.3, -0.25) is 0 Å². The topological polar surface area (TPSA) is 18.5 Å². The maximum absolute atomic E-state index is 7.12. The molecule has 2 atom stereocenters. The zero-order valence-corrected chi connectivity index (χ0v) is 16.2. The number of hydrogen-bond donors (Lipinski definition) is 0. The first-order valence-electron chi connectivity index (χ1n) is 8.83. The highest BCUT2D eigenvalue weighted by molar-refractivity contribution is 6.74. The maximum Gasteiger partial charge on any atom is 0.193 e. The zero-order valence-electron chi connectivity index (χ0n) is 15.2. The van der Waals surface area contributed by atoms with Gasteiger partial charge in [-0.1, -0.05) is 52.2 Å². The molecule has 0 aromatic carbocycles. The van der Waals surface area contributed by atoms with E-state index in [1.165, 1.54) is 31.3 Å². The average Bonchev–Trinajstić information content (AvgIpc) is 2.88. The van der Waals surface area contributed by atoms with Gasteiger partial charge < -0.3 is 9.16 Å². The van der Waals surface area contributed by atoms with Crippen molar-refractivity contribution in [3.8, 4) is 0 Å². The molecule has 0 radical (unpaired) electrons. The summed E-state index contributed by atoms with van der Waals surface area (Å²) in [6, 6.07) is 0. The van der Waals surface area contributed by atoms with Gasteiger partial charge in [-0.15, -0.1) is 6.58 Å². The van der Waals surface area contributed by atoms with Crippen molar-refractivity contribution in [3.63, 3.8) is 0 Å². The second kappa shape index (κ2) is 6.62. The maximum atomic E-state index is 7.12. The monoisotopic (exact) mass is 322 g/mol. The van der Waals surface area contributed by atoms with E-state index in [9.17, 15) is 0 Å². The largest absolute Gasteiger partial charge is 0.407 e. The van der Waals surface area contributed by atoms with Crippen molar-refractivity contribution in [2.24, 2.45) is 5.92 Å². The van der Waals surface area contributed by atoms with Crippen LogP contribution >= 0.6 is 0 Å². The summed E-state index contributed by atoms with van der Waals surface area (Å²) < 4.78 is 12.8. The van der Waals surface area contributed by atoms with Crippen LogP contribution in [0.2, 0.25) is 18.1 Å².